The molecule has 0 aliphatic heterocycles. The molecule has 1 aromatic heterocycles. The van der Waals surface area contributed by atoms with Gasteiger partial charge in [0.15, 0.2) is 0 Å². The van der Waals surface area contributed by atoms with E-state index in [-0.39, 0.29) is 15.6 Å². The van der Waals surface area contributed by atoms with Gasteiger partial charge in [0.1, 0.15) is 16.5 Å². The number of hydrogen-bond acceptors (Lipinski definition) is 3. The summed E-state index contributed by atoms with van der Waals surface area (Å²) in [6.07, 6.45) is 0. The summed E-state index contributed by atoms with van der Waals surface area (Å²) >= 11 is 12.0. The van der Waals surface area contributed by atoms with Crippen LogP contribution in [0, 0.1) is 19.7 Å². The summed E-state index contributed by atoms with van der Waals surface area (Å²) in [6.45, 7) is 3.84. The fourth-order valence-corrected chi connectivity index (χ4v) is 4.94. The number of nitrogens with two attached hydrogens (primary N) is 1. The zero-order valence-electron chi connectivity index (χ0n) is 14.6. The number of hydrogen-bond donors (Lipinski definition) is 1. The average molecular weight is 427 g/mol. The Kier molecular flexibility index (Phi) is 5.25. The first-order valence-electron chi connectivity index (χ1n) is 8.02. The number of halogens is 3. The van der Waals surface area contributed by atoms with Crippen molar-refractivity contribution in [2.24, 2.45) is 0 Å². The van der Waals surface area contributed by atoms with Crippen LogP contribution < -0.4 is 5.73 Å². The van der Waals surface area contributed by atoms with E-state index < -0.39 is 15.7 Å². The number of aromatic nitrogens is 1. The molecule has 2 N–H and O–H groups in total. The van der Waals surface area contributed by atoms with Gasteiger partial charge in [0, 0.05) is 12.2 Å². The van der Waals surface area contributed by atoms with Crippen molar-refractivity contribution in [2.75, 3.05) is 5.73 Å². The molecule has 27 heavy (non-hydrogen) atoms. The summed E-state index contributed by atoms with van der Waals surface area (Å²) in [5.74, 6) is -0.382. The van der Waals surface area contributed by atoms with E-state index in [1.807, 2.05) is 0 Å². The second-order valence-electron chi connectivity index (χ2n) is 6.22. The minimum absolute atomic E-state index is 0.00890. The Morgan fingerprint density at radius 3 is 2.26 bits per heavy atom. The van der Waals surface area contributed by atoms with E-state index in [1.165, 1.54) is 12.1 Å². The van der Waals surface area contributed by atoms with Gasteiger partial charge in [-0.1, -0.05) is 29.3 Å². The normalized spacial score (nSPS) is 11.7. The molecule has 0 atom stereocenters. The van der Waals surface area contributed by atoms with Gasteiger partial charge in [-0.2, -0.15) is 0 Å². The van der Waals surface area contributed by atoms with Crippen LogP contribution in [-0.4, -0.2) is 13.0 Å². The third-order valence-electron chi connectivity index (χ3n) is 4.53. The summed E-state index contributed by atoms with van der Waals surface area (Å²) in [4.78, 5) is 0.0251. The fraction of sp³-hybridized carbons (Fsp3) is 0.158. The molecule has 0 spiro atoms. The molecule has 0 saturated heterocycles. The van der Waals surface area contributed by atoms with Gasteiger partial charge in [-0.25, -0.2) is 12.8 Å². The van der Waals surface area contributed by atoms with Gasteiger partial charge in [0.05, 0.1) is 14.9 Å². The lowest BCUT2D eigenvalue weighted by atomic mass is 10.2. The number of rotatable bonds is 4. The lowest BCUT2D eigenvalue weighted by Gasteiger charge is -2.11. The van der Waals surface area contributed by atoms with E-state index >= 15 is 0 Å². The van der Waals surface area contributed by atoms with Gasteiger partial charge >= 0.3 is 0 Å². The molecule has 4 nitrogen and oxygen atoms in total. The maximum absolute atomic E-state index is 13.2. The van der Waals surface area contributed by atoms with Crippen LogP contribution in [0.15, 0.2) is 52.3 Å². The summed E-state index contributed by atoms with van der Waals surface area (Å²) in [7, 11) is -3.89. The van der Waals surface area contributed by atoms with E-state index in [1.54, 1.807) is 36.6 Å². The van der Waals surface area contributed by atoms with Gasteiger partial charge in [-0.3, -0.25) is 0 Å². The van der Waals surface area contributed by atoms with Crippen molar-refractivity contribution in [3.63, 3.8) is 0 Å². The van der Waals surface area contributed by atoms with E-state index in [4.69, 9.17) is 28.9 Å². The molecule has 1 heterocycles. The Balaban J connectivity index is 2.10. The number of benzene rings is 2. The Morgan fingerprint density at radius 2 is 1.67 bits per heavy atom. The van der Waals surface area contributed by atoms with Crippen LogP contribution in [0.2, 0.25) is 10.0 Å². The van der Waals surface area contributed by atoms with Crippen molar-refractivity contribution < 1.29 is 12.8 Å². The maximum atomic E-state index is 13.2. The molecule has 142 valence electrons. The fourth-order valence-electron chi connectivity index (χ4n) is 2.96. The standard InChI is InChI=1S/C19H17Cl2FN2O2S/c1-11-12(2)24(10-13-3-8-16(20)17(21)9-13)19(23)18(11)27(25,26)15-6-4-14(22)5-7-15/h3-9H,10,23H2,1-2H3. The highest BCUT2D eigenvalue weighted by molar-refractivity contribution is 7.91. The summed E-state index contributed by atoms with van der Waals surface area (Å²) in [6, 6.07) is 9.88. The number of nitrogen functional groups attached to an aromatic ring is 1. The van der Waals surface area contributed by atoms with E-state index in [0.717, 1.165) is 23.4 Å². The molecule has 0 fully saturated rings. The molecular weight excluding hydrogens is 410 g/mol. The largest absolute Gasteiger partial charge is 0.384 e. The summed E-state index contributed by atoms with van der Waals surface area (Å²) in [5, 5.41) is 0.849. The molecule has 3 aromatic rings. The first-order valence-corrected chi connectivity index (χ1v) is 10.3. The third kappa shape index (κ3) is 3.57. The van der Waals surface area contributed by atoms with Gasteiger partial charge in [0.25, 0.3) is 0 Å². The molecule has 3 rings (SSSR count). The molecule has 8 heteroatoms. The smallest absolute Gasteiger partial charge is 0.210 e. The highest BCUT2D eigenvalue weighted by atomic mass is 35.5. The summed E-state index contributed by atoms with van der Waals surface area (Å²) in [5.41, 5.74) is 8.33. The maximum Gasteiger partial charge on any atom is 0.210 e. The quantitative estimate of drug-likeness (QED) is 0.595. The minimum Gasteiger partial charge on any atom is -0.384 e. The molecule has 0 bridgehead atoms. The number of sulfone groups is 1. The first-order chi connectivity index (χ1) is 12.6. The summed E-state index contributed by atoms with van der Waals surface area (Å²) < 4.78 is 41.0. The van der Waals surface area contributed by atoms with Crippen molar-refractivity contribution in [1.82, 2.24) is 4.57 Å². The average Bonchev–Trinajstić information content (AvgIpc) is 2.82. The van der Waals surface area contributed by atoms with Crippen LogP contribution in [0.4, 0.5) is 10.2 Å². The van der Waals surface area contributed by atoms with Crippen LogP contribution in [-0.2, 0) is 16.4 Å². The van der Waals surface area contributed by atoms with Gasteiger partial charge < -0.3 is 10.3 Å². The Bertz CT molecular complexity index is 1120. The molecule has 0 saturated carbocycles. The third-order valence-corrected chi connectivity index (χ3v) is 7.21. The predicted molar refractivity (Wildman–Crippen MR) is 106 cm³/mol. The molecule has 0 amide bonds. The van der Waals surface area contributed by atoms with Crippen molar-refractivity contribution in [2.45, 2.75) is 30.2 Å². The van der Waals surface area contributed by atoms with E-state index in [9.17, 15) is 12.8 Å². The van der Waals surface area contributed by atoms with Crippen molar-refractivity contribution >= 4 is 38.9 Å². The minimum atomic E-state index is -3.89. The zero-order valence-corrected chi connectivity index (χ0v) is 17.0. The van der Waals surface area contributed by atoms with Crippen LogP contribution in [0.5, 0.6) is 0 Å². The van der Waals surface area contributed by atoms with E-state index in [2.05, 4.69) is 0 Å². The van der Waals surface area contributed by atoms with Gasteiger partial charge in [-0.15, -0.1) is 0 Å². The van der Waals surface area contributed by atoms with Crippen molar-refractivity contribution in [1.29, 1.82) is 0 Å². The zero-order chi connectivity index (χ0) is 19.9. The van der Waals surface area contributed by atoms with Gasteiger partial charge in [0.2, 0.25) is 9.84 Å². The second kappa shape index (κ2) is 7.19. The molecule has 2 aromatic carbocycles. The van der Waals surface area contributed by atoms with Crippen molar-refractivity contribution in [3.05, 3.63) is 75.1 Å². The predicted octanol–water partition coefficient (Wildman–Crippen LogP) is 5.01. The van der Waals surface area contributed by atoms with Gasteiger partial charge in [-0.05, 0) is 61.4 Å². The molecule has 0 unspecified atom stereocenters. The Labute approximate surface area is 167 Å². The van der Waals surface area contributed by atoms with Crippen LogP contribution >= 0.6 is 23.2 Å². The SMILES string of the molecule is Cc1c(S(=O)(=O)c2ccc(F)cc2)c(N)n(Cc2ccc(Cl)c(Cl)c2)c1C. The van der Waals surface area contributed by atoms with Crippen molar-refractivity contribution in [3.8, 4) is 0 Å². The highest BCUT2D eigenvalue weighted by Crippen LogP contribution is 2.34. The molecule has 0 radical (unpaired) electrons. The monoisotopic (exact) mass is 426 g/mol. The van der Waals surface area contributed by atoms with Crippen LogP contribution in [0.25, 0.3) is 0 Å². The first kappa shape index (κ1) is 19.7. The second-order valence-corrected chi connectivity index (χ2v) is 8.92. The topological polar surface area (TPSA) is 65.1 Å². The lowest BCUT2D eigenvalue weighted by molar-refractivity contribution is 0.594. The molecule has 0 aliphatic carbocycles. The highest BCUT2D eigenvalue weighted by Gasteiger charge is 2.28. The molecule has 0 aliphatic rings. The molecular formula is C19H17Cl2FN2O2S. The number of nitrogens with zero attached hydrogens (tertiary/aromatic N) is 1. The van der Waals surface area contributed by atoms with Crippen LogP contribution in [0.3, 0.4) is 0 Å². The number of anilines is 1. The van der Waals surface area contributed by atoms with E-state index in [0.29, 0.717) is 22.2 Å². The Hall–Kier alpha value is -2.02. The van der Waals surface area contributed by atoms with Crippen LogP contribution in [0.1, 0.15) is 16.8 Å². The lowest BCUT2D eigenvalue weighted by Crippen LogP contribution is -2.09. The Morgan fingerprint density at radius 1 is 1.04 bits per heavy atom.